The average Bonchev–Trinajstić information content (AvgIpc) is 2.27. The lowest BCUT2D eigenvalue weighted by molar-refractivity contribution is -0.137. The molecular formula is C12H22N2O5. The zero-order chi connectivity index (χ0) is 14.8. The van der Waals surface area contributed by atoms with Gasteiger partial charge in [0.25, 0.3) is 0 Å². The Balaban J connectivity index is 4.15. The number of aliphatic carboxylic acids is 1. The van der Waals surface area contributed by atoms with E-state index in [9.17, 15) is 14.4 Å². The van der Waals surface area contributed by atoms with E-state index in [0.717, 1.165) is 0 Å². The van der Waals surface area contributed by atoms with Gasteiger partial charge in [-0.05, 0) is 33.7 Å². The van der Waals surface area contributed by atoms with E-state index in [4.69, 9.17) is 5.11 Å². The number of nitrogens with zero attached hydrogens (tertiary/aromatic N) is 1. The maximum Gasteiger partial charge on any atom is 0.413 e. The van der Waals surface area contributed by atoms with Crippen molar-refractivity contribution in [3.63, 3.8) is 0 Å². The number of carboxylic acid groups (broad SMARTS) is 1. The Morgan fingerprint density at radius 3 is 2.42 bits per heavy atom. The second-order valence-electron chi connectivity index (χ2n) is 4.33. The van der Waals surface area contributed by atoms with E-state index in [1.54, 1.807) is 11.8 Å². The van der Waals surface area contributed by atoms with Crippen molar-refractivity contribution in [1.29, 1.82) is 0 Å². The highest BCUT2D eigenvalue weighted by molar-refractivity contribution is 5.92. The van der Waals surface area contributed by atoms with Gasteiger partial charge in [-0.25, -0.2) is 4.79 Å². The van der Waals surface area contributed by atoms with Crippen LogP contribution in [0.5, 0.6) is 0 Å². The number of carboxylic acids is 1. The van der Waals surface area contributed by atoms with E-state index in [0.29, 0.717) is 13.0 Å². The van der Waals surface area contributed by atoms with Gasteiger partial charge in [-0.2, -0.15) is 0 Å². The van der Waals surface area contributed by atoms with Crippen molar-refractivity contribution in [2.75, 3.05) is 19.7 Å². The highest BCUT2D eigenvalue weighted by Crippen LogP contribution is 2.01. The maximum atomic E-state index is 11.6. The molecule has 0 heterocycles. The summed E-state index contributed by atoms with van der Waals surface area (Å²) < 4.78 is 4.60. The zero-order valence-corrected chi connectivity index (χ0v) is 11.6. The molecule has 7 nitrogen and oxygen atoms in total. The molecule has 110 valence electrons. The van der Waals surface area contributed by atoms with Crippen molar-refractivity contribution in [1.82, 2.24) is 10.2 Å². The molecule has 0 spiro atoms. The molecule has 0 rings (SSSR count). The number of carbonyl (C=O) groups is 3. The molecule has 0 aromatic heterocycles. The standard InChI is InChI=1S/C12H22N2O5/c1-4-19-12(18)13-10(15)8-14(9(2)3)7-5-6-11(16)17/h9H,4-8H2,1-3H3,(H,16,17)(H,13,15,18). The Morgan fingerprint density at radius 2 is 1.95 bits per heavy atom. The second-order valence-corrected chi connectivity index (χ2v) is 4.33. The van der Waals surface area contributed by atoms with Crippen LogP contribution in [0.4, 0.5) is 4.79 Å². The third-order valence-corrected chi connectivity index (χ3v) is 2.43. The largest absolute Gasteiger partial charge is 0.481 e. The van der Waals surface area contributed by atoms with Crippen LogP contribution >= 0.6 is 0 Å². The minimum atomic E-state index is -0.861. The van der Waals surface area contributed by atoms with Gasteiger partial charge in [0.15, 0.2) is 0 Å². The first-order chi connectivity index (χ1) is 8.86. The van der Waals surface area contributed by atoms with Gasteiger partial charge in [0, 0.05) is 12.5 Å². The molecule has 0 radical (unpaired) electrons. The molecule has 2 amide bonds. The zero-order valence-electron chi connectivity index (χ0n) is 11.6. The summed E-state index contributed by atoms with van der Waals surface area (Å²) in [7, 11) is 0. The van der Waals surface area contributed by atoms with Crippen molar-refractivity contribution in [2.45, 2.75) is 39.7 Å². The van der Waals surface area contributed by atoms with Gasteiger partial charge in [0.1, 0.15) is 0 Å². The first-order valence-corrected chi connectivity index (χ1v) is 6.29. The first kappa shape index (κ1) is 17.4. The van der Waals surface area contributed by atoms with Crippen LogP contribution in [-0.4, -0.2) is 53.7 Å². The fraction of sp³-hybridized carbons (Fsp3) is 0.750. The van der Waals surface area contributed by atoms with Crippen LogP contribution in [0, 0.1) is 0 Å². The Labute approximate surface area is 112 Å². The van der Waals surface area contributed by atoms with Gasteiger partial charge in [-0.15, -0.1) is 0 Å². The second kappa shape index (κ2) is 9.32. The molecule has 7 heteroatoms. The lowest BCUT2D eigenvalue weighted by atomic mass is 10.2. The summed E-state index contributed by atoms with van der Waals surface area (Å²) in [4.78, 5) is 34.9. The van der Waals surface area contributed by atoms with E-state index in [1.807, 2.05) is 13.8 Å². The molecule has 19 heavy (non-hydrogen) atoms. The molecule has 0 bridgehead atoms. The number of carbonyl (C=O) groups excluding carboxylic acids is 2. The van der Waals surface area contributed by atoms with E-state index in [-0.39, 0.29) is 25.6 Å². The van der Waals surface area contributed by atoms with Crippen LogP contribution in [0.1, 0.15) is 33.6 Å². The fourth-order valence-electron chi connectivity index (χ4n) is 1.46. The predicted molar refractivity (Wildman–Crippen MR) is 68.7 cm³/mol. The van der Waals surface area contributed by atoms with E-state index in [1.165, 1.54) is 0 Å². The summed E-state index contributed by atoms with van der Waals surface area (Å²) in [6.45, 7) is 6.18. The smallest absolute Gasteiger partial charge is 0.413 e. The molecule has 0 aliphatic heterocycles. The number of imide groups is 1. The summed E-state index contributed by atoms with van der Waals surface area (Å²) in [5, 5.41) is 10.7. The number of ether oxygens (including phenoxy) is 1. The van der Waals surface area contributed by atoms with Crippen LogP contribution in [0.25, 0.3) is 0 Å². The number of hydrogen-bond donors (Lipinski definition) is 2. The molecule has 0 aromatic rings. The number of amides is 2. The van der Waals surface area contributed by atoms with Gasteiger partial charge in [-0.3, -0.25) is 19.8 Å². The molecule has 2 N–H and O–H groups in total. The van der Waals surface area contributed by atoms with Crippen molar-refractivity contribution in [3.05, 3.63) is 0 Å². The Kier molecular flexibility index (Phi) is 8.52. The third kappa shape index (κ3) is 9.01. The number of nitrogens with one attached hydrogen (secondary N) is 1. The van der Waals surface area contributed by atoms with Crippen LogP contribution in [0.15, 0.2) is 0 Å². The quantitative estimate of drug-likeness (QED) is 0.680. The molecule has 0 saturated heterocycles. The van der Waals surface area contributed by atoms with Gasteiger partial charge in [0.05, 0.1) is 13.2 Å². The van der Waals surface area contributed by atoms with E-state index in [2.05, 4.69) is 10.1 Å². The van der Waals surface area contributed by atoms with Crippen molar-refractivity contribution >= 4 is 18.0 Å². The Hall–Kier alpha value is -1.63. The Bertz CT molecular complexity index is 317. The lowest BCUT2D eigenvalue weighted by Gasteiger charge is -2.25. The van der Waals surface area contributed by atoms with Crippen LogP contribution in [0.3, 0.4) is 0 Å². The normalized spacial score (nSPS) is 10.6. The molecule has 0 aliphatic carbocycles. The van der Waals surface area contributed by atoms with Crippen molar-refractivity contribution < 1.29 is 24.2 Å². The topological polar surface area (TPSA) is 95.9 Å². The molecule has 0 unspecified atom stereocenters. The summed E-state index contributed by atoms with van der Waals surface area (Å²) in [5.41, 5.74) is 0. The maximum absolute atomic E-state index is 11.6. The van der Waals surface area contributed by atoms with Crippen molar-refractivity contribution in [3.8, 4) is 0 Å². The van der Waals surface area contributed by atoms with Crippen molar-refractivity contribution in [2.24, 2.45) is 0 Å². The molecule has 0 aromatic carbocycles. The third-order valence-electron chi connectivity index (χ3n) is 2.43. The van der Waals surface area contributed by atoms with Gasteiger partial charge in [-0.1, -0.05) is 0 Å². The average molecular weight is 274 g/mol. The number of alkyl carbamates (subject to hydrolysis) is 1. The van der Waals surface area contributed by atoms with Crippen LogP contribution in [-0.2, 0) is 14.3 Å². The van der Waals surface area contributed by atoms with Gasteiger partial charge < -0.3 is 9.84 Å². The lowest BCUT2D eigenvalue weighted by Crippen LogP contribution is -2.43. The van der Waals surface area contributed by atoms with Crippen LogP contribution < -0.4 is 5.32 Å². The van der Waals surface area contributed by atoms with Gasteiger partial charge in [0.2, 0.25) is 5.91 Å². The minimum Gasteiger partial charge on any atom is -0.481 e. The first-order valence-electron chi connectivity index (χ1n) is 6.29. The van der Waals surface area contributed by atoms with Gasteiger partial charge >= 0.3 is 12.1 Å². The van der Waals surface area contributed by atoms with E-state index < -0.39 is 18.0 Å². The molecule has 0 fully saturated rings. The summed E-state index contributed by atoms with van der Waals surface area (Å²) in [6.07, 6.45) is -0.245. The molecule has 0 saturated carbocycles. The highest BCUT2D eigenvalue weighted by atomic mass is 16.5. The molecule has 0 atom stereocenters. The number of rotatable bonds is 8. The monoisotopic (exact) mass is 274 g/mol. The SMILES string of the molecule is CCOC(=O)NC(=O)CN(CCCC(=O)O)C(C)C. The summed E-state index contributed by atoms with van der Waals surface area (Å²) in [6, 6.07) is 0.0849. The predicted octanol–water partition coefficient (Wildman–Crippen LogP) is 0.834. The number of hydrogen-bond acceptors (Lipinski definition) is 5. The fourth-order valence-corrected chi connectivity index (χ4v) is 1.46. The minimum absolute atomic E-state index is 0.0378. The Morgan fingerprint density at radius 1 is 1.32 bits per heavy atom. The van der Waals surface area contributed by atoms with Crippen LogP contribution in [0.2, 0.25) is 0 Å². The molecule has 0 aliphatic rings. The summed E-state index contributed by atoms with van der Waals surface area (Å²) >= 11 is 0. The summed E-state index contributed by atoms with van der Waals surface area (Å²) in [5.74, 6) is -1.32. The molecular weight excluding hydrogens is 252 g/mol. The highest BCUT2D eigenvalue weighted by Gasteiger charge is 2.16. The van der Waals surface area contributed by atoms with E-state index >= 15 is 0 Å².